The predicted octanol–water partition coefficient (Wildman–Crippen LogP) is 5.08. The number of para-hydroxylation sites is 1. The van der Waals surface area contributed by atoms with Crippen molar-refractivity contribution in [1.29, 1.82) is 0 Å². The average molecular weight is 406 g/mol. The first-order chi connectivity index (χ1) is 12.8. The highest BCUT2D eigenvalue weighted by molar-refractivity contribution is 6.39. The zero-order valence-corrected chi connectivity index (χ0v) is 16.3. The summed E-state index contributed by atoms with van der Waals surface area (Å²) < 4.78 is 10.6. The van der Waals surface area contributed by atoms with Crippen molar-refractivity contribution in [1.82, 2.24) is 0 Å². The van der Waals surface area contributed by atoms with Gasteiger partial charge in [0.1, 0.15) is 5.58 Å². The fourth-order valence-corrected chi connectivity index (χ4v) is 3.11. The molecule has 0 aliphatic heterocycles. The van der Waals surface area contributed by atoms with Crippen molar-refractivity contribution in [2.45, 2.75) is 20.3 Å². The van der Waals surface area contributed by atoms with Crippen LogP contribution in [0.15, 0.2) is 41.0 Å². The minimum Gasteiger partial charge on any atom is -0.464 e. The molecular formula is C20H17Cl2NO4. The van der Waals surface area contributed by atoms with Crippen molar-refractivity contribution in [3.05, 3.63) is 63.3 Å². The van der Waals surface area contributed by atoms with Crippen LogP contribution in [0.25, 0.3) is 11.0 Å². The minimum atomic E-state index is -0.531. The second kappa shape index (κ2) is 8.03. The summed E-state index contributed by atoms with van der Waals surface area (Å²) in [7, 11) is 0. The number of amides is 1. The van der Waals surface area contributed by atoms with Crippen molar-refractivity contribution in [3.63, 3.8) is 0 Å². The number of carbonyl (C=O) groups excluding carboxylic acids is 2. The Bertz CT molecular complexity index is 1010. The Labute approximate surface area is 166 Å². The van der Waals surface area contributed by atoms with Crippen LogP contribution in [-0.2, 0) is 20.7 Å². The summed E-state index contributed by atoms with van der Waals surface area (Å²) in [6.45, 7) is 3.55. The lowest BCUT2D eigenvalue weighted by Gasteiger charge is -2.09. The molecule has 3 rings (SSSR count). The van der Waals surface area contributed by atoms with E-state index in [1.807, 2.05) is 26.0 Å². The van der Waals surface area contributed by atoms with Crippen LogP contribution in [0.1, 0.15) is 16.7 Å². The van der Waals surface area contributed by atoms with Crippen LogP contribution in [0.5, 0.6) is 0 Å². The second-order valence-electron chi connectivity index (χ2n) is 6.18. The Morgan fingerprint density at radius 1 is 1.11 bits per heavy atom. The summed E-state index contributed by atoms with van der Waals surface area (Å²) in [6.07, 6.45) is 1.55. The zero-order chi connectivity index (χ0) is 19.6. The fourth-order valence-electron chi connectivity index (χ4n) is 2.62. The van der Waals surface area contributed by atoms with Gasteiger partial charge < -0.3 is 14.5 Å². The number of fused-ring (bicyclic) bond motifs is 1. The first-order valence-electron chi connectivity index (χ1n) is 8.22. The third-order valence-electron chi connectivity index (χ3n) is 4.20. The van der Waals surface area contributed by atoms with Gasteiger partial charge in [0, 0.05) is 10.9 Å². The van der Waals surface area contributed by atoms with Gasteiger partial charge in [-0.15, -0.1) is 0 Å². The molecule has 7 heteroatoms. The van der Waals surface area contributed by atoms with Crippen molar-refractivity contribution in [2.24, 2.45) is 0 Å². The lowest BCUT2D eigenvalue weighted by atomic mass is 10.0. The van der Waals surface area contributed by atoms with Gasteiger partial charge in [-0.3, -0.25) is 9.59 Å². The molecule has 0 aliphatic carbocycles. The summed E-state index contributed by atoms with van der Waals surface area (Å²) in [5.74, 6) is -1.06. The number of ether oxygens (including phenoxy) is 1. The Morgan fingerprint density at radius 2 is 1.78 bits per heavy atom. The molecule has 0 aliphatic rings. The zero-order valence-electron chi connectivity index (χ0n) is 14.8. The fraction of sp³-hybridized carbons (Fsp3) is 0.200. The van der Waals surface area contributed by atoms with Crippen molar-refractivity contribution in [3.8, 4) is 0 Å². The van der Waals surface area contributed by atoms with E-state index < -0.39 is 18.5 Å². The molecule has 0 unspecified atom stereocenters. The number of anilines is 1. The van der Waals surface area contributed by atoms with Gasteiger partial charge in [-0.25, -0.2) is 0 Å². The molecule has 1 aromatic heterocycles. The molecule has 140 valence electrons. The highest BCUT2D eigenvalue weighted by Crippen LogP contribution is 2.29. The molecule has 1 N–H and O–H groups in total. The molecule has 2 aromatic carbocycles. The van der Waals surface area contributed by atoms with E-state index in [1.165, 1.54) is 6.26 Å². The number of hydrogen-bond donors (Lipinski definition) is 1. The van der Waals surface area contributed by atoms with Crippen LogP contribution in [0.4, 0.5) is 5.69 Å². The van der Waals surface area contributed by atoms with E-state index in [-0.39, 0.29) is 12.1 Å². The largest absolute Gasteiger partial charge is 0.464 e. The second-order valence-corrected chi connectivity index (χ2v) is 6.99. The summed E-state index contributed by atoms with van der Waals surface area (Å²) in [6, 6.07) is 8.77. The first-order valence-corrected chi connectivity index (χ1v) is 8.97. The highest BCUT2D eigenvalue weighted by atomic mass is 35.5. The van der Waals surface area contributed by atoms with Gasteiger partial charge in [-0.05, 0) is 49.2 Å². The quantitative estimate of drug-likeness (QED) is 0.600. The Balaban J connectivity index is 1.60. The number of benzene rings is 2. The normalized spacial score (nSPS) is 10.8. The van der Waals surface area contributed by atoms with Crippen LogP contribution >= 0.6 is 23.2 Å². The van der Waals surface area contributed by atoms with Gasteiger partial charge in [0.2, 0.25) is 0 Å². The molecular weight excluding hydrogens is 389 g/mol. The number of hydrogen-bond acceptors (Lipinski definition) is 4. The first kappa shape index (κ1) is 19.3. The lowest BCUT2D eigenvalue weighted by molar-refractivity contribution is -0.146. The molecule has 5 nitrogen and oxygen atoms in total. The van der Waals surface area contributed by atoms with Gasteiger partial charge in [0.25, 0.3) is 5.91 Å². The maximum atomic E-state index is 12.1. The van der Waals surface area contributed by atoms with Crippen LogP contribution in [0.2, 0.25) is 10.0 Å². The van der Waals surface area contributed by atoms with E-state index >= 15 is 0 Å². The molecule has 0 saturated heterocycles. The molecule has 0 saturated carbocycles. The van der Waals surface area contributed by atoms with Gasteiger partial charge in [-0.1, -0.05) is 29.3 Å². The summed E-state index contributed by atoms with van der Waals surface area (Å²) in [5, 5.41) is 4.01. The average Bonchev–Trinajstić information content (AvgIpc) is 2.98. The van der Waals surface area contributed by atoms with Crippen LogP contribution in [0.3, 0.4) is 0 Å². The highest BCUT2D eigenvalue weighted by Gasteiger charge is 2.15. The predicted molar refractivity (Wildman–Crippen MR) is 105 cm³/mol. The molecule has 0 fully saturated rings. The number of aryl methyl sites for hydroxylation is 2. The van der Waals surface area contributed by atoms with Crippen molar-refractivity contribution < 1.29 is 18.7 Å². The minimum absolute atomic E-state index is 0.00955. The van der Waals surface area contributed by atoms with Crippen LogP contribution in [0, 0.1) is 13.8 Å². The maximum Gasteiger partial charge on any atom is 0.310 e. The number of rotatable bonds is 5. The Morgan fingerprint density at radius 3 is 2.48 bits per heavy atom. The third-order valence-corrected chi connectivity index (χ3v) is 4.83. The number of nitrogens with one attached hydrogen (secondary N) is 1. The van der Waals surface area contributed by atoms with E-state index in [2.05, 4.69) is 5.32 Å². The smallest absolute Gasteiger partial charge is 0.310 e. The summed E-state index contributed by atoms with van der Waals surface area (Å²) in [4.78, 5) is 24.1. The number of halogens is 2. The maximum absolute atomic E-state index is 12.1. The third kappa shape index (κ3) is 4.43. The van der Waals surface area contributed by atoms with E-state index in [4.69, 9.17) is 32.4 Å². The monoisotopic (exact) mass is 405 g/mol. The van der Waals surface area contributed by atoms with Crippen molar-refractivity contribution >= 4 is 51.7 Å². The van der Waals surface area contributed by atoms with Gasteiger partial charge in [-0.2, -0.15) is 0 Å². The molecule has 1 amide bonds. The Kier molecular flexibility index (Phi) is 5.73. The molecule has 1 heterocycles. The standard InChI is InChI=1S/C20H17Cl2NO4/c1-11-6-14-13(9-26-17(14)7-12(11)2)8-19(25)27-10-18(24)23-20-15(21)4-3-5-16(20)22/h3-7,9H,8,10H2,1-2H3,(H,23,24). The van der Waals surface area contributed by atoms with Crippen molar-refractivity contribution in [2.75, 3.05) is 11.9 Å². The number of esters is 1. The van der Waals surface area contributed by atoms with E-state index in [1.54, 1.807) is 18.2 Å². The summed E-state index contributed by atoms with van der Waals surface area (Å²) in [5.41, 5.74) is 3.93. The molecule has 0 radical (unpaired) electrons. The van der Waals surface area contributed by atoms with Crippen LogP contribution in [-0.4, -0.2) is 18.5 Å². The molecule has 0 atom stereocenters. The number of carbonyl (C=O) groups is 2. The Hall–Kier alpha value is -2.50. The van der Waals surface area contributed by atoms with E-state index in [0.717, 1.165) is 16.5 Å². The number of furan rings is 1. The van der Waals surface area contributed by atoms with Crippen LogP contribution < -0.4 is 5.32 Å². The summed E-state index contributed by atoms with van der Waals surface area (Å²) >= 11 is 12.0. The molecule has 0 spiro atoms. The molecule has 0 bridgehead atoms. The molecule has 27 heavy (non-hydrogen) atoms. The lowest BCUT2D eigenvalue weighted by Crippen LogP contribution is -2.22. The molecule has 3 aromatic rings. The van der Waals surface area contributed by atoms with Gasteiger partial charge in [0.05, 0.1) is 28.4 Å². The topological polar surface area (TPSA) is 68.5 Å². The van der Waals surface area contributed by atoms with E-state index in [9.17, 15) is 9.59 Å². The SMILES string of the molecule is Cc1cc2occ(CC(=O)OCC(=O)Nc3c(Cl)cccc3Cl)c2cc1C. The van der Waals surface area contributed by atoms with Gasteiger partial charge >= 0.3 is 5.97 Å². The van der Waals surface area contributed by atoms with E-state index in [0.29, 0.717) is 21.2 Å². The van der Waals surface area contributed by atoms with Gasteiger partial charge in [0.15, 0.2) is 6.61 Å².